The molecule has 0 atom stereocenters. The topological polar surface area (TPSA) is 25.8 Å². The number of hydrogen-bond donors (Lipinski definition) is 0. The molecular formula is C13H13ClN2. The summed E-state index contributed by atoms with van der Waals surface area (Å²) in [6.07, 6.45) is 0.808. The second-order valence-electron chi connectivity index (χ2n) is 3.89. The van der Waals surface area contributed by atoms with Gasteiger partial charge in [0.15, 0.2) is 5.15 Å². The van der Waals surface area contributed by atoms with E-state index in [9.17, 15) is 0 Å². The van der Waals surface area contributed by atoms with Crippen molar-refractivity contribution in [2.45, 2.75) is 20.3 Å². The predicted octanol–water partition coefficient (Wildman–Crippen LogP) is 3.34. The zero-order valence-corrected chi connectivity index (χ0v) is 10.1. The molecule has 0 spiro atoms. The predicted molar refractivity (Wildman–Crippen MR) is 65.8 cm³/mol. The third-order valence-corrected chi connectivity index (χ3v) is 2.89. The van der Waals surface area contributed by atoms with Gasteiger partial charge in [-0.05, 0) is 42.7 Å². The quantitative estimate of drug-likeness (QED) is 0.794. The van der Waals surface area contributed by atoms with E-state index >= 15 is 0 Å². The minimum absolute atomic E-state index is 0.435. The lowest BCUT2D eigenvalue weighted by Crippen LogP contribution is -1.98. The molecule has 0 fully saturated rings. The molecule has 0 saturated heterocycles. The summed E-state index contributed by atoms with van der Waals surface area (Å²) < 4.78 is 0. The third-order valence-electron chi connectivity index (χ3n) is 2.69. The number of nitrogens with zero attached hydrogens (tertiary/aromatic N) is 2. The summed E-state index contributed by atoms with van der Waals surface area (Å²) in [5.74, 6) is 0. The van der Waals surface area contributed by atoms with Crippen molar-refractivity contribution < 1.29 is 0 Å². The molecule has 0 saturated carbocycles. The summed E-state index contributed by atoms with van der Waals surface area (Å²) in [5, 5.41) is 8.36. The van der Waals surface area contributed by atoms with Gasteiger partial charge in [0.2, 0.25) is 0 Å². The molecule has 82 valence electrons. The maximum atomic E-state index is 5.70. The van der Waals surface area contributed by atoms with E-state index in [4.69, 9.17) is 11.6 Å². The van der Waals surface area contributed by atoms with Crippen LogP contribution in [0, 0.1) is 13.8 Å². The molecule has 2 rings (SSSR count). The first-order chi connectivity index (χ1) is 7.66. The van der Waals surface area contributed by atoms with E-state index in [1.54, 1.807) is 6.07 Å². The normalized spacial score (nSPS) is 10.4. The van der Waals surface area contributed by atoms with E-state index in [0.29, 0.717) is 5.15 Å². The van der Waals surface area contributed by atoms with E-state index in [1.807, 2.05) is 6.07 Å². The van der Waals surface area contributed by atoms with Crippen LogP contribution in [-0.2, 0) is 6.42 Å². The number of aryl methyl sites for hydroxylation is 2. The molecule has 2 aromatic rings. The first kappa shape index (κ1) is 11.1. The Kier molecular flexibility index (Phi) is 3.20. The van der Waals surface area contributed by atoms with Crippen molar-refractivity contribution >= 4 is 11.6 Å². The fourth-order valence-corrected chi connectivity index (χ4v) is 1.85. The largest absolute Gasteiger partial charge is 0.154 e. The van der Waals surface area contributed by atoms with Gasteiger partial charge in [-0.25, -0.2) is 0 Å². The van der Waals surface area contributed by atoms with Crippen molar-refractivity contribution in [2.24, 2.45) is 0 Å². The van der Waals surface area contributed by atoms with Crippen LogP contribution in [-0.4, -0.2) is 10.2 Å². The van der Waals surface area contributed by atoms with Crippen molar-refractivity contribution in [1.82, 2.24) is 10.2 Å². The number of halogens is 1. The van der Waals surface area contributed by atoms with Gasteiger partial charge in [0.25, 0.3) is 0 Å². The Morgan fingerprint density at radius 1 is 1.00 bits per heavy atom. The first-order valence-corrected chi connectivity index (χ1v) is 5.58. The van der Waals surface area contributed by atoms with E-state index in [1.165, 1.54) is 16.7 Å². The van der Waals surface area contributed by atoms with Gasteiger partial charge in [-0.3, -0.25) is 0 Å². The number of aromatic nitrogens is 2. The molecule has 0 radical (unpaired) electrons. The molecule has 0 aliphatic carbocycles. The Hall–Kier alpha value is -1.41. The van der Waals surface area contributed by atoms with Crippen LogP contribution in [0.4, 0.5) is 0 Å². The van der Waals surface area contributed by atoms with Gasteiger partial charge >= 0.3 is 0 Å². The lowest BCUT2D eigenvalue weighted by Gasteiger charge is -2.08. The molecule has 0 amide bonds. The summed E-state index contributed by atoms with van der Waals surface area (Å²) in [7, 11) is 0. The highest BCUT2D eigenvalue weighted by Gasteiger charge is 2.04. The molecule has 0 aliphatic rings. The Morgan fingerprint density at radius 3 is 2.25 bits per heavy atom. The molecule has 0 bridgehead atoms. The monoisotopic (exact) mass is 232 g/mol. The second-order valence-corrected chi connectivity index (χ2v) is 4.28. The Morgan fingerprint density at radius 2 is 1.69 bits per heavy atom. The third kappa shape index (κ3) is 2.39. The molecular weight excluding hydrogens is 220 g/mol. The summed E-state index contributed by atoms with van der Waals surface area (Å²) in [6, 6.07) is 10.00. The molecule has 1 heterocycles. The average molecular weight is 233 g/mol. The molecule has 3 heteroatoms. The zero-order chi connectivity index (χ0) is 11.5. The van der Waals surface area contributed by atoms with Crippen molar-refractivity contribution in [1.29, 1.82) is 0 Å². The number of benzene rings is 1. The summed E-state index contributed by atoms with van der Waals surface area (Å²) in [5.41, 5.74) is 4.84. The van der Waals surface area contributed by atoms with E-state index in [-0.39, 0.29) is 0 Å². The van der Waals surface area contributed by atoms with E-state index in [0.717, 1.165) is 12.1 Å². The van der Waals surface area contributed by atoms with E-state index in [2.05, 4.69) is 42.2 Å². The van der Waals surface area contributed by atoms with Gasteiger partial charge in [0.1, 0.15) is 0 Å². The van der Waals surface area contributed by atoms with Crippen molar-refractivity contribution in [3.05, 3.63) is 57.9 Å². The van der Waals surface area contributed by atoms with Crippen LogP contribution >= 0.6 is 11.6 Å². The SMILES string of the molecule is Cc1cccc(C)c1Cc1ccc(Cl)nn1. The minimum Gasteiger partial charge on any atom is -0.154 e. The minimum atomic E-state index is 0.435. The molecule has 1 aromatic carbocycles. The number of rotatable bonds is 2. The van der Waals surface area contributed by atoms with Crippen molar-refractivity contribution in [3.8, 4) is 0 Å². The average Bonchev–Trinajstić information content (AvgIpc) is 2.26. The van der Waals surface area contributed by atoms with Gasteiger partial charge < -0.3 is 0 Å². The highest BCUT2D eigenvalue weighted by molar-refractivity contribution is 6.29. The standard InChI is InChI=1S/C13H13ClN2/c1-9-4-3-5-10(2)12(9)8-11-6-7-13(14)16-15-11/h3-7H,8H2,1-2H3. The van der Waals surface area contributed by atoms with Crippen molar-refractivity contribution in [3.63, 3.8) is 0 Å². The Balaban J connectivity index is 2.30. The molecule has 0 aliphatic heterocycles. The highest BCUT2D eigenvalue weighted by atomic mass is 35.5. The Labute approximate surface area is 100 Å². The van der Waals surface area contributed by atoms with Gasteiger partial charge in [-0.1, -0.05) is 29.8 Å². The van der Waals surface area contributed by atoms with Crippen LogP contribution < -0.4 is 0 Å². The lowest BCUT2D eigenvalue weighted by atomic mass is 9.99. The second kappa shape index (κ2) is 4.62. The molecule has 2 nitrogen and oxygen atoms in total. The maximum Gasteiger partial charge on any atom is 0.151 e. The molecule has 16 heavy (non-hydrogen) atoms. The Bertz CT molecular complexity index is 472. The van der Waals surface area contributed by atoms with Gasteiger partial charge in [-0.15, -0.1) is 5.10 Å². The summed E-state index contributed by atoms with van der Waals surface area (Å²) in [6.45, 7) is 4.23. The zero-order valence-electron chi connectivity index (χ0n) is 9.37. The van der Waals surface area contributed by atoms with Crippen LogP contribution in [0.5, 0.6) is 0 Å². The molecule has 1 aromatic heterocycles. The van der Waals surface area contributed by atoms with Crippen LogP contribution in [0.1, 0.15) is 22.4 Å². The lowest BCUT2D eigenvalue weighted by molar-refractivity contribution is 0.929. The van der Waals surface area contributed by atoms with Crippen LogP contribution in [0.15, 0.2) is 30.3 Å². The maximum absolute atomic E-state index is 5.70. The highest BCUT2D eigenvalue weighted by Crippen LogP contribution is 2.17. The summed E-state index contributed by atoms with van der Waals surface area (Å²) >= 11 is 5.70. The van der Waals surface area contributed by atoms with Gasteiger partial charge in [0.05, 0.1) is 5.69 Å². The smallest absolute Gasteiger partial charge is 0.151 e. The number of hydrogen-bond acceptors (Lipinski definition) is 2. The van der Waals surface area contributed by atoms with Crippen LogP contribution in [0.2, 0.25) is 5.15 Å². The van der Waals surface area contributed by atoms with E-state index < -0.39 is 0 Å². The molecule has 0 N–H and O–H groups in total. The van der Waals surface area contributed by atoms with Crippen LogP contribution in [0.3, 0.4) is 0 Å². The fraction of sp³-hybridized carbons (Fsp3) is 0.231. The fourth-order valence-electron chi connectivity index (χ4n) is 1.75. The van der Waals surface area contributed by atoms with Gasteiger partial charge in [-0.2, -0.15) is 5.10 Å². The summed E-state index contributed by atoms with van der Waals surface area (Å²) in [4.78, 5) is 0. The molecule has 0 unspecified atom stereocenters. The van der Waals surface area contributed by atoms with Gasteiger partial charge in [0, 0.05) is 6.42 Å². The first-order valence-electron chi connectivity index (χ1n) is 5.20. The van der Waals surface area contributed by atoms with Crippen molar-refractivity contribution in [2.75, 3.05) is 0 Å². The van der Waals surface area contributed by atoms with Crippen LogP contribution in [0.25, 0.3) is 0 Å².